The largest absolute Gasteiger partial charge is 0.300 e. The van der Waals surface area contributed by atoms with Crippen LogP contribution in [0.2, 0.25) is 0 Å². The van der Waals surface area contributed by atoms with Crippen LogP contribution in [0.3, 0.4) is 0 Å². The monoisotopic (exact) mass is 333 g/mol. The Balaban J connectivity index is 2.79. The molecule has 1 aromatic heterocycles. The maximum Gasteiger partial charge on any atom is 0.300 e. The second-order valence-electron chi connectivity index (χ2n) is 3.82. The van der Waals surface area contributed by atoms with Gasteiger partial charge in [-0.1, -0.05) is 22.6 Å². The average Bonchev–Trinajstić information content (AvgIpc) is 2.61. The second kappa shape index (κ2) is 3.65. The molecule has 2 aromatic rings. The van der Waals surface area contributed by atoms with E-state index in [-0.39, 0.29) is 14.6 Å². The lowest BCUT2D eigenvalue weighted by atomic mass is 10.0. The summed E-state index contributed by atoms with van der Waals surface area (Å²) in [6, 6.07) is 3.12. The highest BCUT2D eigenvalue weighted by Crippen LogP contribution is 2.37. The summed E-state index contributed by atoms with van der Waals surface area (Å²) in [5, 5.41) is 18.1. The van der Waals surface area contributed by atoms with Crippen LogP contribution >= 0.6 is 22.6 Å². The molecule has 1 aromatic carbocycles. The van der Waals surface area contributed by atoms with E-state index in [1.165, 1.54) is 6.07 Å². The van der Waals surface area contributed by atoms with Gasteiger partial charge < -0.3 is 0 Å². The summed E-state index contributed by atoms with van der Waals surface area (Å²) in [6.45, 7) is 3.98. The van der Waals surface area contributed by atoms with Gasteiger partial charge in [0.25, 0.3) is 0 Å². The Hall–Kier alpha value is -1.25. The zero-order valence-electron chi connectivity index (χ0n) is 8.60. The summed E-state index contributed by atoms with van der Waals surface area (Å²) in [4.78, 5) is 10.3. The molecule has 84 valence electrons. The number of alkyl halides is 1. The number of nitrogens with zero attached hydrogens (tertiary/aromatic N) is 3. The quantitative estimate of drug-likeness (QED) is 0.365. The molecule has 0 saturated heterocycles. The Labute approximate surface area is 104 Å². The molecular formula is C9H8IN3O3. The van der Waals surface area contributed by atoms with Crippen molar-refractivity contribution in [3.63, 3.8) is 0 Å². The highest BCUT2D eigenvalue weighted by atomic mass is 127. The molecule has 0 aliphatic rings. The molecule has 0 bridgehead atoms. The third-order valence-corrected chi connectivity index (χ3v) is 2.81. The van der Waals surface area contributed by atoms with E-state index in [4.69, 9.17) is 0 Å². The van der Waals surface area contributed by atoms with Gasteiger partial charge in [-0.2, -0.15) is 0 Å². The number of benzene rings is 1. The number of nitro benzene ring substituents is 1. The van der Waals surface area contributed by atoms with Crippen LogP contribution in [0.5, 0.6) is 0 Å². The van der Waals surface area contributed by atoms with Crippen molar-refractivity contribution in [3.8, 4) is 0 Å². The minimum absolute atomic E-state index is 0.0827. The highest BCUT2D eigenvalue weighted by Gasteiger charge is 2.26. The molecule has 0 saturated carbocycles. The topological polar surface area (TPSA) is 82.1 Å². The standard InChI is InChI=1S/C9H8IN3O3/c1-9(2,10)5-3-4-6(13(14)15)8-7(5)11-16-12-8/h3-4H,1-2H3. The first-order chi connectivity index (χ1) is 7.41. The lowest BCUT2D eigenvalue weighted by molar-refractivity contribution is -0.383. The number of nitro groups is 1. The maximum absolute atomic E-state index is 10.8. The summed E-state index contributed by atoms with van der Waals surface area (Å²) in [6.07, 6.45) is 0. The molecule has 0 atom stereocenters. The Morgan fingerprint density at radius 2 is 2.00 bits per heavy atom. The SMILES string of the molecule is CC(C)(I)c1ccc([N+](=O)[O-])c2nonc12. The molecule has 0 aliphatic heterocycles. The molecule has 0 aliphatic carbocycles. The number of hydrogen-bond acceptors (Lipinski definition) is 5. The predicted octanol–water partition coefficient (Wildman–Crippen LogP) is 2.80. The maximum atomic E-state index is 10.8. The fourth-order valence-electron chi connectivity index (χ4n) is 1.48. The van der Waals surface area contributed by atoms with E-state index in [2.05, 4.69) is 37.5 Å². The van der Waals surface area contributed by atoms with Crippen LogP contribution < -0.4 is 0 Å². The number of rotatable bonds is 2. The van der Waals surface area contributed by atoms with Crippen molar-refractivity contribution in [1.82, 2.24) is 10.3 Å². The van der Waals surface area contributed by atoms with Crippen LogP contribution in [0.1, 0.15) is 19.4 Å². The van der Waals surface area contributed by atoms with Gasteiger partial charge in [0.1, 0.15) is 5.52 Å². The molecule has 6 nitrogen and oxygen atoms in total. The molecule has 16 heavy (non-hydrogen) atoms. The molecule has 1 heterocycles. The van der Waals surface area contributed by atoms with Crippen molar-refractivity contribution in [1.29, 1.82) is 0 Å². The minimum Gasteiger partial charge on any atom is -0.258 e. The van der Waals surface area contributed by atoms with Gasteiger partial charge in [0.15, 0.2) is 0 Å². The fourth-order valence-corrected chi connectivity index (χ4v) is 1.92. The summed E-state index contributed by atoms with van der Waals surface area (Å²) < 4.78 is 4.39. The number of non-ortho nitro benzene ring substituents is 1. The lowest BCUT2D eigenvalue weighted by Crippen LogP contribution is -2.07. The second-order valence-corrected chi connectivity index (χ2v) is 6.52. The smallest absolute Gasteiger partial charge is 0.258 e. The van der Waals surface area contributed by atoms with E-state index in [0.717, 1.165) is 5.56 Å². The van der Waals surface area contributed by atoms with Gasteiger partial charge >= 0.3 is 5.69 Å². The van der Waals surface area contributed by atoms with Gasteiger partial charge in [-0.25, -0.2) is 4.63 Å². The number of fused-ring (bicyclic) bond motifs is 1. The number of hydrogen-bond donors (Lipinski definition) is 0. The minimum atomic E-state index is -0.490. The molecule has 0 N–H and O–H groups in total. The molecule has 0 fully saturated rings. The predicted molar refractivity (Wildman–Crippen MR) is 65.5 cm³/mol. The zero-order valence-corrected chi connectivity index (χ0v) is 10.8. The van der Waals surface area contributed by atoms with Crippen LogP contribution in [0.25, 0.3) is 11.0 Å². The summed E-state index contributed by atoms with van der Waals surface area (Å²) in [7, 11) is 0. The van der Waals surface area contributed by atoms with Gasteiger partial charge in [-0.05, 0) is 35.8 Å². The third-order valence-electron chi connectivity index (χ3n) is 2.23. The van der Waals surface area contributed by atoms with Crippen molar-refractivity contribution in [2.24, 2.45) is 0 Å². The van der Waals surface area contributed by atoms with Gasteiger partial charge in [-0.15, -0.1) is 0 Å². The zero-order chi connectivity index (χ0) is 11.9. The Bertz CT molecular complexity index is 559. The van der Waals surface area contributed by atoms with E-state index >= 15 is 0 Å². The van der Waals surface area contributed by atoms with Crippen molar-refractivity contribution >= 4 is 39.3 Å². The Kier molecular flexibility index (Phi) is 2.56. The molecule has 0 amide bonds. The van der Waals surface area contributed by atoms with E-state index in [1.54, 1.807) is 6.07 Å². The van der Waals surface area contributed by atoms with Gasteiger partial charge in [0, 0.05) is 9.49 Å². The van der Waals surface area contributed by atoms with Gasteiger partial charge in [-0.3, -0.25) is 10.1 Å². The van der Waals surface area contributed by atoms with Crippen LogP contribution in [-0.2, 0) is 3.42 Å². The van der Waals surface area contributed by atoms with Crippen LogP contribution in [-0.4, -0.2) is 15.2 Å². The molecule has 7 heteroatoms. The Morgan fingerprint density at radius 1 is 1.38 bits per heavy atom. The average molecular weight is 333 g/mol. The van der Waals surface area contributed by atoms with E-state index in [1.807, 2.05) is 13.8 Å². The first kappa shape index (κ1) is 11.2. The molecular weight excluding hydrogens is 325 g/mol. The van der Waals surface area contributed by atoms with E-state index in [9.17, 15) is 10.1 Å². The first-order valence-corrected chi connectivity index (χ1v) is 5.58. The van der Waals surface area contributed by atoms with Crippen molar-refractivity contribution in [2.75, 3.05) is 0 Å². The molecule has 2 rings (SSSR count). The van der Waals surface area contributed by atoms with Crippen LogP contribution in [0.4, 0.5) is 5.69 Å². The van der Waals surface area contributed by atoms with Crippen molar-refractivity contribution in [3.05, 3.63) is 27.8 Å². The highest BCUT2D eigenvalue weighted by molar-refractivity contribution is 14.1. The van der Waals surface area contributed by atoms with E-state index in [0.29, 0.717) is 5.52 Å². The Morgan fingerprint density at radius 3 is 2.56 bits per heavy atom. The molecule has 0 unspecified atom stereocenters. The summed E-state index contributed by atoms with van der Waals surface area (Å²) in [5.74, 6) is 0. The van der Waals surface area contributed by atoms with Crippen LogP contribution in [0, 0.1) is 10.1 Å². The van der Waals surface area contributed by atoms with Gasteiger partial charge in [0.2, 0.25) is 5.52 Å². The first-order valence-electron chi connectivity index (χ1n) is 4.50. The lowest BCUT2D eigenvalue weighted by Gasteiger charge is -2.16. The van der Waals surface area contributed by atoms with E-state index < -0.39 is 4.92 Å². The van der Waals surface area contributed by atoms with Crippen molar-refractivity contribution < 1.29 is 9.55 Å². The third kappa shape index (κ3) is 1.75. The van der Waals surface area contributed by atoms with Gasteiger partial charge in [0.05, 0.1) is 4.92 Å². The number of halogens is 1. The fraction of sp³-hybridized carbons (Fsp3) is 0.333. The van der Waals surface area contributed by atoms with Crippen molar-refractivity contribution in [2.45, 2.75) is 17.3 Å². The summed E-state index contributed by atoms with van der Waals surface area (Å²) >= 11 is 2.24. The molecule has 0 spiro atoms. The van der Waals surface area contributed by atoms with Crippen LogP contribution in [0.15, 0.2) is 16.8 Å². The summed E-state index contributed by atoms with van der Waals surface area (Å²) in [5.41, 5.74) is 1.44. The molecule has 0 radical (unpaired) electrons. The number of aromatic nitrogens is 2. The normalized spacial score (nSPS) is 11.9.